The molecule has 5 heteroatoms. The number of para-hydroxylation sites is 1. The first-order chi connectivity index (χ1) is 8.16. The standard InChI is InChI=1S/C12H10N2O3/c1-7-5-6-10(17-7)14-8-3-2-4-9(15)11(8)13-12(14)16/h2-6,15H,1H3,(H,13,16). The van der Waals surface area contributed by atoms with E-state index in [4.69, 9.17) is 4.42 Å². The number of hydrogen-bond donors (Lipinski definition) is 2. The zero-order valence-corrected chi connectivity index (χ0v) is 9.10. The summed E-state index contributed by atoms with van der Waals surface area (Å²) in [7, 11) is 0. The Labute approximate surface area is 95.9 Å². The summed E-state index contributed by atoms with van der Waals surface area (Å²) in [6, 6.07) is 8.44. The van der Waals surface area contributed by atoms with Crippen LogP contribution < -0.4 is 5.69 Å². The minimum absolute atomic E-state index is 0.0432. The third-order valence-corrected chi connectivity index (χ3v) is 2.64. The molecule has 17 heavy (non-hydrogen) atoms. The van der Waals surface area contributed by atoms with Crippen molar-refractivity contribution in [2.75, 3.05) is 0 Å². The molecule has 0 aliphatic rings. The smallest absolute Gasteiger partial charge is 0.333 e. The molecule has 3 rings (SSSR count). The number of furan rings is 1. The zero-order valence-electron chi connectivity index (χ0n) is 9.10. The molecule has 0 aliphatic carbocycles. The van der Waals surface area contributed by atoms with Crippen molar-refractivity contribution in [1.82, 2.24) is 9.55 Å². The molecule has 0 fully saturated rings. The van der Waals surface area contributed by atoms with E-state index >= 15 is 0 Å². The molecule has 2 aromatic heterocycles. The number of aryl methyl sites for hydroxylation is 1. The van der Waals surface area contributed by atoms with E-state index in [2.05, 4.69) is 4.98 Å². The molecule has 2 N–H and O–H groups in total. The zero-order chi connectivity index (χ0) is 12.0. The highest BCUT2D eigenvalue weighted by molar-refractivity contribution is 5.82. The number of aromatic amines is 1. The number of hydrogen-bond acceptors (Lipinski definition) is 3. The molecule has 2 heterocycles. The van der Waals surface area contributed by atoms with Gasteiger partial charge in [-0.2, -0.15) is 0 Å². The topological polar surface area (TPSA) is 71.2 Å². The van der Waals surface area contributed by atoms with Gasteiger partial charge >= 0.3 is 5.69 Å². The van der Waals surface area contributed by atoms with Gasteiger partial charge in [-0.05, 0) is 25.1 Å². The minimum atomic E-state index is -0.337. The summed E-state index contributed by atoms with van der Waals surface area (Å²) in [6.45, 7) is 1.81. The van der Waals surface area contributed by atoms with Crippen LogP contribution in [0.15, 0.2) is 39.5 Å². The molecule has 0 spiro atoms. The SMILES string of the molecule is Cc1ccc(-n2c(=O)[nH]c3c(O)cccc32)o1. The molecule has 0 amide bonds. The summed E-state index contributed by atoms with van der Waals surface area (Å²) in [5.74, 6) is 1.20. The predicted octanol–water partition coefficient (Wildman–Crippen LogP) is 1.93. The van der Waals surface area contributed by atoms with E-state index in [9.17, 15) is 9.90 Å². The Morgan fingerprint density at radius 1 is 1.29 bits per heavy atom. The van der Waals surface area contributed by atoms with Crippen molar-refractivity contribution in [3.05, 3.63) is 46.6 Å². The van der Waals surface area contributed by atoms with E-state index in [1.54, 1.807) is 31.2 Å². The van der Waals surface area contributed by atoms with Crippen LogP contribution in [0.3, 0.4) is 0 Å². The summed E-state index contributed by atoms with van der Waals surface area (Å²) in [4.78, 5) is 14.4. The number of rotatable bonds is 1. The van der Waals surface area contributed by atoms with Crippen LogP contribution in [-0.4, -0.2) is 14.7 Å². The second-order valence-corrected chi connectivity index (χ2v) is 3.82. The Morgan fingerprint density at radius 2 is 2.12 bits per heavy atom. The van der Waals surface area contributed by atoms with Crippen molar-refractivity contribution in [3.63, 3.8) is 0 Å². The van der Waals surface area contributed by atoms with Crippen LogP contribution in [0.1, 0.15) is 5.76 Å². The van der Waals surface area contributed by atoms with Crippen LogP contribution in [0, 0.1) is 6.92 Å². The Bertz CT molecular complexity index is 749. The maximum Gasteiger partial charge on any atom is 0.333 e. The van der Waals surface area contributed by atoms with Gasteiger partial charge in [0.1, 0.15) is 17.0 Å². The number of benzene rings is 1. The Hall–Kier alpha value is -2.43. The summed E-state index contributed by atoms with van der Waals surface area (Å²) in [5.41, 5.74) is 0.659. The van der Waals surface area contributed by atoms with E-state index in [1.165, 1.54) is 10.6 Å². The fraction of sp³-hybridized carbons (Fsp3) is 0.0833. The molecule has 1 aromatic carbocycles. The van der Waals surface area contributed by atoms with Crippen LogP contribution in [0.25, 0.3) is 16.9 Å². The third kappa shape index (κ3) is 1.36. The van der Waals surface area contributed by atoms with Gasteiger partial charge in [0, 0.05) is 6.07 Å². The summed E-state index contributed by atoms with van der Waals surface area (Å²) < 4.78 is 6.81. The first-order valence-corrected chi connectivity index (χ1v) is 5.16. The first kappa shape index (κ1) is 9.77. The number of phenols is 1. The highest BCUT2D eigenvalue weighted by atomic mass is 16.4. The molecule has 0 atom stereocenters. The first-order valence-electron chi connectivity index (χ1n) is 5.16. The van der Waals surface area contributed by atoms with Gasteiger partial charge in [0.05, 0.1) is 5.52 Å². The van der Waals surface area contributed by atoms with Gasteiger partial charge in [0.25, 0.3) is 0 Å². The molecule has 0 bridgehead atoms. The molecule has 86 valence electrons. The van der Waals surface area contributed by atoms with Gasteiger partial charge in [-0.15, -0.1) is 0 Å². The number of H-pyrrole nitrogens is 1. The summed E-state index contributed by atoms with van der Waals surface area (Å²) in [5, 5.41) is 9.65. The number of aromatic nitrogens is 2. The quantitative estimate of drug-likeness (QED) is 0.671. The van der Waals surface area contributed by atoms with Crippen LogP contribution in [0.2, 0.25) is 0 Å². The average molecular weight is 230 g/mol. The van der Waals surface area contributed by atoms with Crippen molar-refractivity contribution in [3.8, 4) is 11.6 Å². The lowest BCUT2D eigenvalue weighted by Gasteiger charge is -1.98. The number of nitrogens with zero attached hydrogens (tertiary/aromatic N) is 1. The minimum Gasteiger partial charge on any atom is -0.506 e. The van der Waals surface area contributed by atoms with Crippen molar-refractivity contribution >= 4 is 11.0 Å². The summed E-state index contributed by atoms with van der Waals surface area (Å²) in [6.07, 6.45) is 0. The lowest BCUT2D eigenvalue weighted by atomic mass is 10.3. The average Bonchev–Trinajstić information content (AvgIpc) is 2.82. The number of nitrogens with one attached hydrogen (secondary N) is 1. The van der Waals surface area contributed by atoms with Gasteiger partial charge < -0.3 is 14.5 Å². The second-order valence-electron chi connectivity index (χ2n) is 3.82. The summed E-state index contributed by atoms with van der Waals surface area (Å²) >= 11 is 0. The maximum absolute atomic E-state index is 11.8. The van der Waals surface area contributed by atoms with Gasteiger partial charge in [0.15, 0.2) is 0 Å². The molecule has 0 radical (unpaired) electrons. The van der Waals surface area contributed by atoms with Gasteiger partial charge in [-0.25, -0.2) is 9.36 Å². The van der Waals surface area contributed by atoms with E-state index < -0.39 is 0 Å². The Kier molecular flexibility index (Phi) is 1.89. The molecule has 3 aromatic rings. The molecule has 5 nitrogen and oxygen atoms in total. The van der Waals surface area contributed by atoms with Crippen LogP contribution in [0.4, 0.5) is 0 Å². The largest absolute Gasteiger partial charge is 0.506 e. The van der Waals surface area contributed by atoms with Gasteiger partial charge in [0.2, 0.25) is 5.88 Å². The van der Waals surface area contributed by atoms with E-state index in [1.807, 2.05) is 0 Å². The van der Waals surface area contributed by atoms with Crippen LogP contribution in [0.5, 0.6) is 5.75 Å². The second kappa shape index (κ2) is 3.28. The highest BCUT2D eigenvalue weighted by Crippen LogP contribution is 2.23. The molecule has 0 saturated carbocycles. The van der Waals surface area contributed by atoms with Crippen molar-refractivity contribution in [2.24, 2.45) is 0 Å². The highest BCUT2D eigenvalue weighted by Gasteiger charge is 2.13. The number of phenolic OH excluding ortho intramolecular Hbond substituents is 1. The fourth-order valence-electron chi connectivity index (χ4n) is 1.88. The third-order valence-electron chi connectivity index (χ3n) is 2.64. The molecular weight excluding hydrogens is 220 g/mol. The lowest BCUT2D eigenvalue weighted by molar-refractivity contribution is 0.480. The molecule has 0 unspecified atom stereocenters. The predicted molar refractivity (Wildman–Crippen MR) is 62.6 cm³/mol. The van der Waals surface area contributed by atoms with Crippen molar-refractivity contribution < 1.29 is 9.52 Å². The molecular formula is C12H10N2O3. The molecule has 0 saturated heterocycles. The van der Waals surface area contributed by atoms with E-state index in [-0.39, 0.29) is 11.4 Å². The van der Waals surface area contributed by atoms with Gasteiger partial charge in [-0.3, -0.25) is 0 Å². The number of imidazole rings is 1. The van der Waals surface area contributed by atoms with E-state index in [0.29, 0.717) is 16.9 Å². The van der Waals surface area contributed by atoms with Crippen LogP contribution >= 0.6 is 0 Å². The van der Waals surface area contributed by atoms with Crippen LogP contribution in [-0.2, 0) is 0 Å². The maximum atomic E-state index is 11.8. The Balaban J connectivity index is 2.40. The fourth-order valence-corrected chi connectivity index (χ4v) is 1.88. The number of aromatic hydroxyl groups is 1. The number of fused-ring (bicyclic) bond motifs is 1. The van der Waals surface area contributed by atoms with Gasteiger partial charge in [-0.1, -0.05) is 6.07 Å². The molecule has 0 aliphatic heterocycles. The van der Waals surface area contributed by atoms with Crippen molar-refractivity contribution in [2.45, 2.75) is 6.92 Å². The lowest BCUT2D eigenvalue weighted by Crippen LogP contribution is -2.13. The normalized spacial score (nSPS) is 11.1. The monoisotopic (exact) mass is 230 g/mol. The van der Waals surface area contributed by atoms with E-state index in [0.717, 1.165) is 5.76 Å². The van der Waals surface area contributed by atoms with Crippen molar-refractivity contribution in [1.29, 1.82) is 0 Å². The Morgan fingerprint density at radius 3 is 2.82 bits per heavy atom.